The zero-order valence-electron chi connectivity index (χ0n) is 11.4. The van der Waals surface area contributed by atoms with Gasteiger partial charge in [-0.25, -0.2) is 4.98 Å². The lowest BCUT2D eigenvalue weighted by Gasteiger charge is -2.14. The van der Waals surface area contributed by atoms with Gasteiger partial charge < -0.3 is 10.2 Å². The number of carbonyl (C=O) groups is 2. The number of anilines is 1. The largest absolute Gasteiger partial charge is 0.348 e. The van der Waals surface area contributed by atoms with Crippen molar-refractivity contribution in [2.45, 2.75) is 20.3 Å². The van der Waals surface area contributed by atoms with Crippen molar-refractivity contribution < 1.29 is 14.5 Å². The van der Waals surface area contributed by atoms with E-state index in [1.54, 1.807) is 11.6 Å². The molecular weight excluding hydrogens is 264 g/mol. The molecular formula is C12H21N4O2S+. The van der Waals surface area contributed by atoms with Gasteiger partial charge in [-0.15, -0.1) is 11.3 Å². The molecule has 1 aromatic heterocycles. The predicted octanol–water partition coefficient (Wildman–Crippen LogP) is -0.487. The van der Waals surface area contributed by atoms with Gasteiger partial charge >= 0.3 is 11.8 Å². The molecule has 0 saturated carbocycles. The SMILES string of the molecule is CC[NH+](CC)CCCNC(=O)C(=O)Nc1nccs1. The van der Waals surface area contributed by atoms with Crippen molar-refractivity contribution in [2.75, 3.05) is 31.5 Å². The smallest absolute Gasteiger partial charge is 0.315 e. The summed E-state index contributed by atoms with van der Waals surface area (Å²) >= 11 is 1.28. The second-order valence-corrected chi connectivity index (χ2v) is 5.00. The van der Waals surface area contributed by atoms with Crippen LogP contribution in [-0.4, -0.2) is 43.0 Å². The van der Waals surface area contributed by atoms with Crippen molar-refractivity contribution in [1.29, 1.82) is 0 Å². The first-order valence-electron chi connectivity index (χ1n) is 6.49. The van der Waals surface area contributed by atoms with Gasteiger partial charge in [0.15, 0.2) is 5.13 Å². The highest BCUT2D eigenvalue weighted by molar-refractivity contribution is 7.13. The molecule has 0 aromatic carbocycles. The normalized spacial score (nSPS) is 10.5. The Balaban J connectivity index is 2.18. The van der Waals surface area contributed by atoms with Gasteiger partial charge in [-0.3, -0.25) is 14.9 Å². The van der Waals surface area contributed by atoms with Gasteiger partial charge in [0.25, 0.3) is 0 Å². The highest BCUT2D eigenvalue weighted by Crippen LogP contribution is 2.09. The molecule has 0 unspecified atom stereocenters. The number of quaternary nitrogens is 1. The Labute approximate surface area is 117 Å². The number of hydrogen-bond acceptors (Lipinski definition) is 4. The Bertz CT molecular complexity index is 390. The van der Waals surface area contributed by atoms with Crippen LogP contribution in [0.25, 0.3) is 0 Å². The van der Waals surface area contributed by atoms with Gasteiger partial charge in [-0.1, -0.05) is 0 Å². The Morgan fingerprint density at radius 2 is 2.05 bits per heavy atom. The van der Waals surface area contributed by atoms with Crippen LogP contribution in [0.1, 0.15) is 20.3 Å². The van der Waals surface area contributed by atoms with Crippen LogP contribution in [0.3, 0.4) is 0 Å². The van der Waals surface area contributed by atoms with Crippen LogP contribution in [0, 0.1) is 0 Å². The molecule has 0 aliphatic rings. The first kappa shape index (κ1) is 15.6. The van der Waals surface area contributed by atoms with E-state index < -0.39 is 11.8 Å². The number of thiazole rings is 1. The highest BCUT2D eigenvalue weighted by Gasteiger charge is 2.14. The van der Waals surface area contributed by atoms with E-state index in [-0.39, 0.29) is 0 Å². The number of rotatable bonds is 7. The van der Waals surface area contributed by atoms with E-state index in [1.807, 2.05) is 0 Å². The van der Waals surface area contributed by atoms with Gasteiger partial charge in [0.1, 0.15) is 0 Å². The van der Waals surface area contributed by atoms with Gasteiger partial charge in [0, 0.05) is 24.5 Å². The number of carbonyl (C=O) groups excluding carboxylic acids is 2. The summed E-state index contributed by atoms with van der Waals surface area (Å²) in [5.41, 5.74) is 0. The third-order valence-electron chi connectivity index (χ3n) is 2.85. The maximum absolute atomic E-state index is 11.5. The van der Waals surface area contributed by atoms with E-state index in [2.05, 4.69) is 29.5 Å². The van der Waals surface area contributed by atoms with Crippen molar-refractivity contribution in [3.63, 3.8) is 0 Å². The van der Waals surface area contributed by atoms with E-state index >= 15 is 0 Å². The highest BCUT2D eigenvalue weighted by atomic mass is 32.1. The monoisotopic (exact) mass is 285 g/mol. The lowest BCUT2D eigenvalue weighted by atomic mass is 10.3. The van der Waals surface area contributed by atoms with E-state index in [1.165, 1.54) is 16.2 Å². The van der Waals surface area contributed by atoms with E-state index in [0.29, 0.717) is 11.7 Å². The Morgan fingerprint density at radius 1 is 1.32 bits per heavy atom. The molecule has 106 valence electrons. The molecule has 19 heavy (non-hydrogen) atoms. The molecule has 7 heteroatoms. The third-order valence-corrected chi connectivity index (χ3v) is 3.54. The maximum atomic E-state index is 11.5. The molecule has 6 nitrogen and oxygen atoms in total. The van der Waals surface area contributed by atoms with E-state index in [4.69, 9.17) is 0 Å². The van der Waals surface area contributed by atoms with Crippen molar-refractivity contribution >= 4 is 28.3 Å². The summed E-state index contributed by atoms with van der Waals surface area (Å²) in [6.45, 7) is 7.96. The summed E-state index contributed by atoms with van der Waals surface area (Å²) in [4.78, 5) is 28.4. The molecule has 3 N–H and O–H groups in total. The summed E-state index contributed by atoms with van der Waals surface area (Å²) in [5.74, 6) is -1.27. The van der Waals surface area contributed by atoms with Gasteiger partial charge in [0.2, 0.25) is 0 Å². The summed E-state index contributed by atoms with van der Waals surface area (Å²) in [7, 11) is 0. The number of aromatic nitrogens is 1. The lowest BCUT2D eigenvalue weighted by Crippen LogP contribution is -3.11. The zero-order chi connectivity index (χ0) is 14.1. The fourth-order valence-electron chi connectivity index (χ4n) is 1.66. The molecule has 0 spiro atoms. The summed E-state index contributed by atoms with van der Waals surface area (Å²) in [6.07, 6.45) is 2.44. The Morgan fingerprint density at radius 3 is 2.63 bits per heavy atom. The number of hydrogen-bond donors (Lipinski definition) is 3. The van der Waals surface area contributed by atoms with Crippen LogP contribution in [0.15, 0.2) is 11.6 Å². The molecule has 0 saturated heterocycles. The fourth-order valence-corrected chi connectivity index (χ4v) is 2.19. The van der Waals surface area contributed by atoms with E-state index in [9.17, 15) is 9.59 Å². The van der Waals surface area contributed by atoms with Crippen molar-refractivity contribution in [1.82, 2.24) is 10.3 Å². The molecule has 0 bridgehead atoms. The maximum Gasteiger partial charge on any atom is 0.315 e. The molecule has 0 atom stereocenters. The predicted molar refractivity (Wildman–Crippen MR) is 75.3 cm³/mol. The first-order valence-corrected chi connectivity index (χ1v) is 7.37. The fraction of sp³-hybridized carbons (Fsp3) is 0.583. The summed E-state index contributed by atoms with van der Waals surface area (Å²) in [6, 6.07) is 0. The number of amides is 2. The molecule has 2 amide bonds. The topological polar surface area (TPSA) is 75.5 Å². The summed E-state index contributed by atoms with van der Waals surface area (Å²) < 4.78 is 0. The van der Waals surface area contributed by atoms with E-state index in [0.717, 1.165) is 26.1 Å². The average Bonchev–Trinajstić information content (AvgIpc) is 2.91. The molecule has 1 rings (SSSR count). The van der Waals surface area contributed by atoms with Crippen LogP contribution in [-0.2, 0) is 9.59 Å². The third kappa shape index (κ3) is 5.80. The van der Waals surface area contributed by atoms with Crippen molar-refractivity contribution in [3.8, 4) is 0 Å². The van der Waals surface area contributed by atoms with Gasteiger partial charge in [-0.2, -0.15) is 0 Å². The van der Waals surface area contributed by atoms with Crippen molar-refractivity contribution in [3.05, 3.63) is 11.6 Å². The lowest BCUT2D eigenvalue weighted by molar-refractivity contribution is -0.896. The average molecular weight is 285 g/mol. The standard InChI is InChI=1S/C12H20N4O2S/c1-3-16(4-2)8-5-6-13-10(17)11(18)15-12-14-7-9-19-12/h7,9H,3-6,8H2,1-2H3,(H,13,17)(H,14,15,18)/p+1. The number of nitrogens with zero attached hydrogens (tertiary/aromatic N) is 1. The van der Waals surface area contributed by atoms with Gasteiger partial charge in [0.05, 0.1) is 19.6 Å². The molecule has 0 fully saturated rings. The minimum absolute atomic E-state index is 0.438. The number of nitrogens with one attached hydrogen (secondary N) is 3. The van der Waals surface area contributed by atoms with Crippen LogP contribution < -0.4 is 15.5 Å². The minimum atomic E-state index is -0.662. The van der Waals surface area contributed by atoms with Crippen LogP contribution in [0.5, 0.6) is 0 Å². The Kier molecular flexibility index (Phi) is 7.06. The molecule has 1 aromatic rings. The molecule has 1 heterocycles. The van der Waals surface area contributed by atoms with Crippen LogP contribution in [0.4, 0.5) is 5.13 Å². The summed E-state index contributed by atoms with van der Waals surface area (Å²) in [5, 5.41) is 7.23. The molecule has 0 aliphatic heterocycles. The Hall–Kier alpha value is -1.47. The zero-order valence-corrected chi connectivity index (χ0v) is 12.2. The van der Waals surface area contributed by atoms with Crippen LogP contribution >= 0.6 is 11.3 Å². The molecule has 0 radical (unpaired) electrons. The first-order chi connectivity index (χ1) is 9.17. The minimum Gasteiger partial charge on any atom is -0.348 e. The second-order valence-electron chi connectivity index (χ2n) is 4.11. The van der Waals surface area contributed by atoms with Gasteiger partial charge in [-0.05, 0) is 13.8 Å². The second kappa shape index (κ2) is 8.60. The quantitative estimate of drug-likeness (QED) is 0.467. The van der Waals surface area contributed by atoms with Crippen LogP contribution in [0.2, 0.25) is 0 Å². The van der Waals surface area contributed by atoms with Crippen molar-refractivity contribution in [2.24, 2.45) is 0 Å². The molecule has 0 aliphatic carbocycles.